The second-order valence-electron chi connectivity index (χ2n) is 4.72. The molecule has 2 rings (SSSR count). The Bertz CT molecular complexity index is 578. The van der Waals surface area contributed by atoms with E-state index in [9.17, 15) is 10.1 Å². The summed E-state index contributed by atoms with van der Waals surface area (Å²) < 4.78 is 2.22. The molecule has 106 valence electrons. The van der Waals surface area contributed by atoms with Crippen LogP contribution < -0.4 is 5.32 Å². The maximum Gasteiger partial charge on any atom is 0.269 e. The second kappa shape index (κ2) is 6.86. The number of nitrogens with one attached hydrogen (secondary N) is 1. The van der Waals surface area contributed by atoms with Crippen molar-refractivity contribution in [3.05, 3.63) is 64.0 Å². The monoisotopic (exact) mass is 273 g/mol. The Morgan fingerprint density at radius 3 is 2.85 bits per heavy atom. The van der Waals surface area contributed by atoms with Crippen LogP contribution in [0.4, 0.5) is 5.69 Å². The Hall–Kier alpha value is -2.14. The fourth-order valence-electron chi connectivity index (χ4n) is 2.18. The van der Waals surface area contributed by atoms with E-state index in [2.05, 4.69) is 29.1 Å². The highest BCUT2D eigenvalue weighted by molar-refractivity contribution is 5.34. The van der Waals surface area contributed by atoms with E-state index >= 15 is 0 Å². The lowest BCUT2D eigenvalue weighted by molar-refractivity contribution is -0.384. The first-order chi connectivity index (χ1) is 9.70. The quantitative estimate of drug-likeness (QED) is 0.623. The van der Waals surface area contributed by atoms with E-state index in [1.54, 1.807) is 12.1 Å². The van der Waals surface area contributed by atoms with Gasteiger partial charge in [-0.05, 0) is 24.1 Å². The molecule has 0 unspecified atom stereocenters. The SMILES string of the molecule is CCCn1cccc1CNCc1cccc([N+](=O)[O-])c1. The maximum absolute atomic E-state index is 10.7. The summed E-state index contributed by atoms with van der Waals surface area (Å²) in [6.45, 7) is 4.55. The third-order valence-corrected chi connectivity index (χ3v) is 3.14. The topological polar surface area (TPSA) is 60.1 Å². The predicted molar refractivity (Wildman–Crippen MR) is 78.4 cm³/mol. The van der Waals surface area contributed by atoms with Gasteiger partial charge < -0.3 is 9.88 Å². The molecular weight excluding hydrogens is 254 g/mol. The number of hydrogen-bond donors (Lipinski definition) is 1. The van der Waals surface area contributed by atoms with Crippen molar-refractivity contribution in [2.24, 2.45) is 0 Å². The molecule has 0 aliphatic rings. The summed E-state index contributed by atoms with van der Waals surface area (Å²) in [4.78, 5) is 10.3. The van der Waals surface area contributed by atoms with Gasteiger partial charge in [0, 0.05) is 43.7 Å². The van der Waals surface area contributed by atoms with E-state index in [4.69, 9.17) is 0 Å². The molecular formula is C15H19N3O2. The average molecular weight is 273 g/mol. The van der Waals surface area contributed by atoms with Crippen molar-refractivity contribution in [2.45, 2.75) is 33.0 Å². The van der Waals surface area contributed by atoms with Crippen molar-refractivity contribution in [1.29, 1.82) is 0 Å². The molecule has 0 amide bonds. The number of benzene rings is 1. The van der Waals surface area contributed by atoms with Crippen LogP contribution in [0.25, 0.3) is 0 Å². The van der Waals surface area contributed by atoms with Gasteiger partial charge in [0.25, 0.3) is 5.69 Å². The number of aryl methyl sites for hydroxylation is 1. The molecule has 1 aromatic heterocycles. The highest BCUT2D eigenvalue weighted by Crippen LogP contribution is 2.13. The molecule has 0 spiro atoms. The molecule has 5 heteroatoms. The first-order valence-corrected chi connectivity index (χ1v) is 6.78. The number of rotatable bonds is 7. The molecule has 0 radical (unpaired) electrons. The van der Waals surface area contributed by atoms with Gasteiger partial charge in [0.1, 0.15) is 0 Å². The molecule has 0 aliphatic heterocycles. The number of non-ortho nitro benzene ring substituents is 1. The van der Waals surface area contributed by atoms with E-state index < -0.39 is 0 Å². The Labute approximate surface area is 118 Å². The Balaban J connectivity index is 1.91. The minimum Gasteiger partial charge on any atom is -0.350 e. The fraction of sp³-hybridized carbons (Fsp3) is 0.333. The lowest BCUT2D eigenvalue weighted by Gasteiger charge is -2.09. The fourth-order valence-corrected chi connectivity index (χ4v) is 2.18. The van der Waals surface area contributed by atoms with Crippen molar-refractivity contribution in [1.82, 2.24) is 9.88 Å². The molecule has 0 bridgehead atoms. The van der Waals surface area contributed by atoms with Crippen LogP contribution in [0, 0.1) is 10.1 Å². The minimum absolute atomic E-state index is 0.138. The lowest BCUT2D eigenvalue weighted by Crippen LogP contribution is -2.15. The van der Waals surface area contributed by atoms with Crippen molar-refractivity contribution in [3.63, 3.8) is 0 Å². The molecule has 0 saturated heterocycles. The van der Waals surface area contributed by atoms with Crippen molar-refractivity contribution >= 4 is 5.69 Å². The van der Waals surface area contributed by atoms with Crippen LogP contribution in [0.5, 0.6) is 0 Å². The largest absolute Gasteiger partial charge is 0.350 e. The number of nitrogens with zero attached hydrogens (tertiary/aromatic N) is 2. The third kappa shape index (κ3) is 3.68. The van der Waals surface area contributed by atoms with Crippen LogP contribution in [-0.4, -0.2) is 9.49 Å². The number of aromatic nitrogens is 1. The summed E-state index contributed by atoms with van der Waals surface area (Å²) in [5, 5.41) is 14.0. The number of nitro groups is 1. The van der Waals surface area contributed by atoms with Gasteiger partial charge in [0.15, 0.2) is 0 Å². The van der Waals surface area contributed by atoms with Gasteiger partial charge in [-0.15, -0.1) is 0 Å². The predicted octanol–water partition coefficient (Wildman–Crippen LogP) is 3.10. The van der Waals surface area contributed by atoms with Crippen molar-refractivity contribution in [2.75, 3.05) is 0 Å². The maximum atomic E-state index is 10.7. The van der Waals surface area contributed by atoms with E-state index in [1.807, 2.05) is 12.1 Å². The van der Waals surface area contributed by atoms with Gasteiger partial charge in [0.2, 0.25) is 0 Å². The summed E-state index contributed by atoms with van der Waals surface area (Å²) in [7, 11) is 0. The van der Waals surface area contributed by atoms with Crippen LogP contribution in [0.15, 0.2) is 42.6 Å². The van der Waals surface area contributed by atoms with Crippen LogP contribution in [0.2, 0.25) is 0 Å². The molecule has 2 aromatic rings. The molecule has 1 aromatic carbocycles. The van der Waals surface area contributed by atoms with Gasteiger partial charge in [0.05, 0.1) is 4.92 Å². The molecule has 1 heterocycles. The highest BCUT2D eigenvalue weighted by atomic mass is 16.6. The smallest absolute Gasteiger partial charge is 0.269 e. The van der Waals surface area contributed by atoms with Gasteiger partial charge in [-0.3, -0.25) is 10.1 Å². The Kier molecular flexibility index (Phi) is 4.90. The Morgan fingerprint density at radius 2 is 2.10 bits per heavy atom. The van der Waals surface area contributed by atoms with Crippen LogP contribution >= 0.6 is 0 Å². The standard InChI is InChI=1S/C15H19N3O2/c1-2-8-17-9-4-7-15(17)12-16-11-13-5-3-6-14(10-13)18(19)20/h3-7,9-10,16H,2,8,11-12H2,1H3. The normalized spacial score (nSPS) is 10.7. The lowest BCUT2D eigenvalue weighted by atomic mass is 10.2. The first kappa shape index (κ1) is 14.3. The van der Waals surface area contributed by atoms with E-state index in [0.29, 0.717) is 6.54 Å². The molecule has 0 saturated carbocycles. The zero-order valence-corrected chi connectivity index (χ0v) is 11.6. The summed E-state index contributed by atoms with van der Waals surface area (Å²) >= 11 is 0. The molecule has 5 nitrogen and oxygen atoms in total. The molecule has 0 aliphatic carbocycles. The third-order valence-electron chi connectivity index (χ3n) is 3.14. The highest BCUT2D eigenvalue weighted by Gasteiger charge is 2.05. The number of nitro benzene ring substituents is 1. The summed E-state index contributed by atoms with van der Waals surface area (Å²) in [6.07, 6.45) is 3.18. The molecule has 1 N–H and O–H groups in total. The first-order valence-electron chi connectivity index (χ1n) is 6.78. The van der Waals surface area contributed by atoms with Gasteiger partial charge in [-0.1, -0.05) is 19.1 Å². The van der Waals surface area contributed by atoms with Crippen LogP contribution in [-0.2, 0) is 19.6 Å². The van der Waals surface area contributed by atoms with Crippen LogP contribution in [0.1, 0.15) is 24.6 Å². The Morgan fingerprint density at radius 1 is 1.25 bits per heavy atom. The minimum atomic E-state index is -0.365. The van der Waals surface area contributed by atoms with Crippen LogP contribution in [0.3, 0.4) is 0 Å². The molecule has 0 fully saturated rings. The van der Waals surface area contributed by atoms with Gasteiger partial charge >= 0.3 is 0 Å². The summed E-state index contributed by atoms with van der Waals surface area (Å²) in [5.74, 6) is 0. The van der Waals surface area contributed by atoms with E-state index in [0.717, 1.165) is 25.1 Å². The van der Waals surface area contributed by atoms with E-state index in [-0.39, 0.29) is 10.6 Å². The van der Waals surface area contributed by atoms with E-state index in [1.165, 1.54) is 11.8 Å². The average Bonchev–Trinajstić information content (AvgIpc) is 2.87. The zero-order chi connectivity index (χ0) is 14.4. The molecule has 20 heavy (non-hydrogen) atoms. The number of hydrogen-bond acceptors (Lipinski definition) is 3. The van der Waals surface area contributed by atoms with Crippen molar-refractivity contribution in [3.8, 4) is 0 Å². The summed E-state index contributed by atoms with van der Waals surface area (Å²) in [5.41, 5.74) is 2.30. The molecule has 0 atom stereocenters. The second-order valence-corrected chi connectivity index (χ2v) is 4.72. The summed E-state index contributed by atoms with van der Waals surface area (Å²) in [6, 6.07) is 10.9. The van der Waals surface area contributed by atoms with Gasteiger partial charge in [-0.25, -0.2) is 0 Å². The van der Waals surface area contributed by atoms with Gasteiger partial charge in [-0.2, -0.15) is 0 Å². The van der Waals surface area contributed by atoms with Crippen molar-refractivity contribution < 1.29 is 4.92 Å². The zero-order valence-electron chi connectivity index (χ0n) is 11.6.